The molecule has 0 amide bonds. The van der Waals surface area contributed by atoms with Crippen molar-refractivity contribution in [2.75, 3.05) is 44.8 Å². The van der Waals surface area contributed by atoms with Gasteiger partial charge in [-0.1, -0.05) is 12.1 Å². The first-order valence-corrected chi connectivity index (χ1v) is 10.3. The fraction of sp³-hybridized carbons (Fsp3) is 0.476. The summed E-state index contributed by atoms with van der Waals surface area (Å²) >= 11 is 0. The smallest absolute Gasteiger partial charge is 0.229 e. The van der Waals surface area contributed by atoms with E-state index in [0.29, 0.717) is 12.0 Å². The normalized spacial score (nSPS) is 18.9. The molecule has 0 spiro atoms. The van der Waals surface area contributed by atoms with Gasteiger partial charge in [-0.25, -0.2) is 9.67 Å². The molecular weight excluding hydrogens is 368 g/mol. The van der Waals surface area contributed by atoms with Gasteiger partial charge in [0.2, 0.25) is 5.95 Å². The first kappa shape index (κ1) is 18.5. The van der Waals surface area contributed by atoms with E-state index in [9.17, 15) is 0 Å². The summed E-state index contributed by atoms with van der Waals surface area (Å²) < 4.78 is 12.9. The van der Waals surface area contributed by atoms with E-state index >= 15 is 0 Å². The second kappa shape index (κ2) is 8.44. The molecule has 0 saturated carbocycles. The van der Waals surface area contributed by atoms with Crippen molar-refractivity contribution in [2.45, 2.75) is 25.4 Å². The highest BCUT2D eigenvalue weighted by Crippen LogP contribution is 2.25. The van der Waals surface area contributed by atoms with Gasteiger partial charge in [-0.2, -0.15) is 10.1 Å². The highest BCUT2D eigenvalue weighted by molar-refractivity contribution is 5.75. The number of hydrogen-bond donors (Lipinski definition) is 1. The third kappa shape index (κ3) is 4.24. The lowest BCUT2D eigenvalue weighted by Crippen LogP contribution is -2.35. The first-order valence-electron chi connectivity index (χ1n) is 10.3. The Labute approximate surface area is 169 Å². The average Bonchev–Trinajstić information content (AvgIpc) is 3.20. The number of aromatic nitrogens is 4. The van der Waals surface area contributed by atoms with Crippen LogP contribution in [0.2, 0.25) is 0 Å². The SMILES string of the molecule is c1cc(Nc2ncc3cnn(C4CCOCC4)c3n2)ccc1CN1CCOCC1. The highest BCUT2D eigenvalue weighted by atomic mass is 16.5. The van der Waals surface area contributed by atoms with E-state index in [4.69, 9.17) is 14.5 Å². The fourth-order valence-electron chi connectivity index (χ4n) is 3.93. The molecule has 4 heterocycles. The molecule has 1 N–H and O–H groups in total. The maximum absolute atomic E-state index is 5.47. The molecule has 8 heteroatoms. The lowest BCUT2D eigenvalue weighted by atomic mass is 10.1. The zero-order valence-corrected chi connectivity index (χ0v) is 16.5. The largest absolute Gasteiger partial charge is 0.381 e. The van der Waals surface area contributed by atoms with Crippen LogP contribution in [-0.2, 0) is 16.0 Å². The van der Waals surface area contributed by atoms with E-state index in [-0.39, 0.29) is 0 Å². The van der Waals surface area contributed by atoms with Gasteiger partial charge >= 0.3 is 0 Å². The number of morpholine rings is 1. The predicted octanol–water partition coefficient (Wildman–Crippen LogP) is 2.75. The number of rotatable bonds is 5. The summed E-state index contributed by atoms with van der Waals surface area (Å²) in [5, 5.41) is 8.84. The highest BCUT2D eigenvalue weighted by Gasteiger charge is 2.19. The third-order valence-electron chi connectivity index (χ3n) is 5.59. The molecule has 2 aliphatic rings. The summed E-state index contributed by atoms with van der Waals surface area (Å²) in [6.07, 6.45) is 5.61. The predicted molar refractivity (Wildman–Crippen MR) is 110 cm³/mol. The number of hydrogen-bond acceptors (Lipinski definition) is 7. The molecular formula is C21H26N6O2. The van der Waals surface area contributed by atoms with Crippen molar-refractivity contribution in [1.82, 2.24) is 24.6 Å². The topological polar surface area (TPSA) is 77.3 Å². The number of nitrogens with zero attached hydrogens (tertiary/aromatic N) is 5. The molecule has 1 aromatic carbocycles. The van der Waals surface area contributed by atoms with Crippen LogP contribution >= 0.6 is 0 Å². The van der Waals surface area contributed by atoms with Gasteiger partial charge in [-0.05, 0) is 30.5 Å². The van der Waals surface area contributed by atoms with Gasteiger partial charge in [-0.3, -0.25) is 4.90 Å². The average molecular weight is 394 g/mol. The van der Waals surface area contributed by atoms with Gasteiger partial charge in [-0.15, -0.1) is 0 Å². The number of nitrogens with one attached hydrogen (secondary N) is 1. The van der Waals surface area contributed by atoms with Gasteiger partial charge in [0.25, 0.3) is 0 Å². The van der Waals surface area contributed by atoms with Crippen LogP contribution in [0.15, 0.2) is 36.7 Å². The van der Waals surface area contributed by atoms with E-state index in [1.165, 1.54) is 5.56 Å². The van der Waals surface area contributed by atoms with Gasteiger partial charge < -0.3 is 14.8 Å². The summed E-state index contributed by atoms with van der Waals surface area (Å²) in [5.74, 6) is 0.590. The Balaban J connectivity index is 1.29. The summed E-state index contributed by atoms with van der Waals surface area (Å²) in [4.78, 5) is 11.6. The lowest BCUT2D eigenvalue weighted by molar-refractivity contribution is 0.0342. The molecule has 0 radical (unpaired) electrons. The Bertz CT molecular complexity index is 945. The van der Waals surface area contributed by atoms with Crippen LogP contribution in [0.1, 0.15) is 24.4 Å². The Kier molecular flexibility index (Phi) is 5.38. The van der Waals surface area contributed by atoms with Crippen molar-refractivity contribution in [3.63, 3.8) is 0 Å². The summed E-state index contributed by atoms with van der Waals surface area (Å²) in [6, 6.07) is 8.81. The Morgan fingerprint density at radius 3 is 2.52 bits per heavy atom. The maximum atomic E-state index is 5.47. The van der Waals surface area contributed by atoms with E-state index in [0.717, 1.165) is 75.6 Å². The Morgan fingerprint density at radius 2 is 1.72 bits per heavy atom. The maximum Gasteiger partial charge on any atom is 0.229 e. The molecule has 0 bridgehead atoms. The van der Waals surface area contributed by atoms with Crippen LogP contribution in [-0.4, -0.2) is 64.2 Å². The van der Waals surface area contributed by atoms with Crippen LogP contribution in [0, 0.1) is 0 Å². The number of anilines is 2. The summed E-state index contributed by atoms with van der Waals surface area (Å²) in [7, 11) is 0. The van der Waals surface area contributed by atoms with Crippen LogP contribution in [0.4, 0.5) is 11.6 Å². The quantitative estimate of drug-likeness (QED) is 0.713. The number of benzene rings is 1. The summed E-state index contributed by atoms with van der Waals surface area (Å²) in [5.41, 5.74) is 3.15. The molecule has 2 aromatic heterocycles. The van der Waals surface area contributed by atoms with E-state index in [1.54, 1.807) is 0 Å². The van der Waals surface area contributed by atoms with Crippen molar-refractivity contribution in [3.8, 4) is 0 Å². The van der Waals surface area contributed by atoms with Gasteiger partial charge in [0, 0.05) is 44.7 Å². The Hall–Kier alpha value is -2.55. The molecule has 2 fully saturated rings. The molecule has 152 valence electrons. The zero-order chi connectivity index (χ0) is 19.5. The zero-order valence-electron chi connectivity index (χ0n) is 16.5. The van der Waals surface area contributed by atoms with Crippen LogP contribution in [0.3, 0.4) is 0 Å². The number of ether oxygens (including phenoxy) is 2. The molecule has 2 aliphatic heterocycles. The van der Waals surface area contributed by atoms with Gasteiger partial charge in [0.15, 0.2) is 5.65 Å². The Morgan fingerprint density at radius 1 is 0.966 bits per heavy atom. The van der Waals surface area contributed by atoms with Crippen molar-refractivity contribution >= 4 is 22.7 Å². The van der Waals surface area contributed by atoms with Crippen LogP contribution < -0.4 is 5.32 Å². The first-order chi connectivity index (χ1) is 14.3. The minimum atomic E-state index is 0.337. The molecule has 5 rings (SSSR count). The minimum Gasteiger partial charge on any atom is -0.381 e. The molecule has 8 nitrogen and oxygen atoms in total. The molecule has 3 aromatic rings. The second-order valence-electron chi connectivity index (χ2n) is 7.62. The fourth-order valence-corrected chi connectivity index (χ4v) is 3.93. The van der Waals surface area contributed by atoms with Crippen molar-refractivity contribution in [2.24, 2.45) is 0 Å². The van der Waals surface area contributed by atoms with E-state index in [2.05, 4.69) is 44.6 Å². The monoisotopic (exact) mass is 394 g/mol. The van der Waals surface area contributed by atoms with Crippen molar-refractivity contribution < 1.29 is 9.47 Å². The molecule has 0 unspecified atom stereocenters. The molecule has 2 saturated heterocycles. The second-order valence-corrected chi connectivity index (χ2v) is 7.62. The summed E-state index contributed by atoms with van der Waals surface area (Å²) in [6.45, 7) is 6.14. The van der Waals surface area contributed by atoms with Gasteiger partial charge in [0.05, 0.1) is 30.8 Å². The van der Waals surface area contributed by atoms with Gasteiger partial charge in [0.1, 0.15) is 0 Å². The van der Waals surface area contributed by atoms with E-state index < -0.39 is 0 Å². The molecule has 0 aliphatic carbocycles. The van der Waals surface area contributed by atoms with Crippen molar-refractivity contribution in [1.29, 1.82) is 0 Å². The van der Waals surface area contributed by atoms with Crippen LogP contribution in [0.5, 0.6) is 0 Å². The van der Waals surface area contributed by atoms with Crippen molar-refractivity contribution in [3.05, 3.63) is 42.2 Å². The standard InChI is InChI=1S/C21H26N6O2/c1-3-18(4-2-16(1)15-26-7-11-29-12-8-26)24-21-22-13-17-14-23-27(20(17)25-21)19-5-9-28-10-6-19/h1-4,13-14,19H,5-12,15H2,(H,22,24,25). The molecule has 0 atom stereocenters. The number of fused-ring (bicyclic) bond motifs is 1. The lowest BCUT2D eigenvalue weighted by Gasteiger charge is -2.26. The minimum absolute atomic E-state index is 0.337. The molecule has 29 heavy (non-hydrogen) atoms. The van der Waals surface area contributed by atoms with Crippen LogP contribution in [0.25, 0.3) is 11.0 Å². The third-order valence-corrected chi connectivity index (χ3v) is 5.59. The van der Waals surface area contributed by atoms with E-state index in [1.807, 2.05) is 17.1 Å².